The molecule has 2 aromatic heterocycles. The molecule has 3 rings (SSSR count). The van der Waals surface area contributed by atoms with Gasteiger partial charge in [-0.2, -0.15) is 27.6 Å². The fourth-order valence-electron chi connectivity index (χ4n) is 3.07. The van der Waals surface area contributed by atoms with Crippen molar-refractivity contribution in [3.8, 4) is 0 Å². The zero-order valence-electron chi connectivity index (χ0n) is 14.3. The predicted molar refractivity (Wildman–Crippen MR) is 92.5 cm³/mol. The molecule has 1 N–H and O–H groups in total. The van der Waals surface area contributed by atoms with E-state index < -0.39 is 36.2 Å². The number of amides is 1. The molecule has 27 heavy (non-hydrogen) atoms. The van der Waals surface area contributed by atoms with Gasteiger partial charge in [0.15, 0.2) is 0 Å². The molecule has 0 spiro atoms. The molecule has 11 heteroatoms. The number of aryl methyl sites for hydroxylation is 1. The first kappa shape index (κ1) is 19.2. The molecule has 3 heterocycles. The Labute approximate surface area is 157 Å². The van der Waals surface area contributed by atoms with Crippen molar-refractivity contribution in [3.05, 3.63) is 41.5 Å². The minimum Gasteiger partial charge on any atom is -0.368 e. The lowest BCUT2D eigenvalue weighted by atomic mass is 9.92. The number of aromatic nitrogens is 3. The van der Waals surface area contributed by atoms with Gasteiger partial charge in [-0.15, -0.1) is 0 Å². The Morgan fingerprint density at radius 2 is 2.07 bits per heavy atom. The molecule has 6 nitrogen and oxygen atoms in total. The summed E-state index contributed by atoms with van der Waals surface area (Å²) in [7, 11) is 1.67. The zero-order chi connectivity index (χ0) is 19.9. The SMILES string of the molecule is Cc1cc(C2CN(C)C(=S)C2C(=O)Nc2ccc(F)nc2F)nn1C(F)F. The quantitative estimate of drug-likeness (QED) is 0.485. The van der Waals surface area contributed by atoms with Gasteiger partial charge in [-0.05, 0) is 25.1 Å². The molecule has 1 saturated heterocycles. The number of likely N-dealkylation sites (tertiary alicyclic amines) is 1. The first-order valence-electron chi connectivity index (χ1n) is 7.91. The Balaban J connectivity index is 1.90. The van der Waals surface area contributed by atoms with Crippen LogP contribution in [0.2, 0.25) is 0 Å². The third kappa shape index (κ3) is 3.64. The van der Waals surface area contributed by atoms with Gasteiger partial charge in [-0.3, -0.25) is 4.79 Å². The number of carbonyl (C=O) groups is 1. The van der Waals surface area contributed by atoms with Gasteiger partial charge in [0.1, 0.15) is 0 Å². The zero-order valence-corrected chi connectivity index (χ0v) is 15.1. The number of rotatable bonds is 4. The van der Waals surface area contributed by atoms with E-state index in [1.807, 2.05) is 0 Å². The second-order valence-corrected chi connectivity index (χ2v) is 6.62. The third-order valence-corrected chi connectivity index (χ3v) is 4.94. The molecule has 1 aliphatic rings. The fraction of sp³-hybridized carbons (Fsp3) is 0.375. The largest absolute Gasteiger partial charge is 0.368 e. The molecule has 144 valence electrons. The van der Waals surface area contributed by atoms with Crippen molar-refractivity contribution in [3.63, 3.8) is 0 Å². The molecule has 1 aliphatic heterocycles. The van der Waals surface area contributed by atoms with Crippen LogP contribution in [0.3, 0.4) is 0 Å². The van der Waals surface area contributed by atoms with E-state index in [1.54, 1.807) is 11.9 Å². The Morgan fingerprint density at radius 1 is 1.37 bits per heavy atom. The molecule has 0 radical (unpaired) electrons. The first-order chi connectivity index (χ1) is 12.7. The second kappa shape index (κ2) is 7.22. The maximum Gasteiger partial charge on any atom is 0.333 e. The Bertz CT molecular complexity index is 903. The highest BCUT2D eigenvalue weighted by molar-refractivity contribution is 7.80. The molecule has 1 amide bonds. The highest BCUT2D eigenvalue weighted by atomic mass is 32.1. The van der Waals surface area contributed by atoms with Crippen molar-refractivity contribution in [2.75, 3.05) is 18.9 Å². The van der Waals surface area contributed by atoms with Crippen LogP contribution < -0.4 is 5.32 Å². The van der Waals surface area contributed by atoms with Crippen LogP contribution in [0.1, 0.15) is 23.9 Å². The minimum absolute atomic E-state index is 0.244. The normalized spacial score (nSPS) is 19.8. The summed E-state index contributed by atoms with van der Waals surface area (Å²) in [6.45, 7) is -1.04. The van der Waals surface area contributed by atoms with E-state index in [2.05, 4.69) is 15.4 Å². The Morgan fingerprint density at radius 3 is 2.67 bits per heavy atom. The Kier molecular flexibility index (Phi) is 5.13. The summed E-state index contributed by atoms with van der Waals surface area (Å²) in [6.07, 6.45) is 0. The van der Waals surface area contributed by atoms with Crippen LogP contribution in [0, 0.1) is 24.7 Å². The van der Waals surface area contributed by atoms with Gasteiger partial charge in [0.25, 0.3) is 0 Å². The van der Waals surface area contributed by atoms with Crippen LogP contribution in [-0.2, 0) is 4.79 Å². The number of hydrogen-bond donors (Lipinski definition) is 1. The summed E-state index contributed by atoms with van der Waals surface area (Å²) < 4.78 is 53.2. The number of hydrogen-bond acceptors (Lipinski definition) is 4. The predicted octanol–water partition coefficient (Wildman–Crippen LogP) is 2.87. The molecule has 2 unspecified atom stereocenters. The van der Waals surface area contributed by atoms with Gasteiger partial charge >= 0.3 is 6.55 Å². The molecule has 0 bridgehead atoms. The summed E-state index contributed by atoms with van der Waals surface area (Å²) in [5.41, 5.74) is 0.234. The van der Waals surface area contributed by atoms with E-state index in [1.165, 1.54) is 13.0 Å². The van der Waals surface area contributed by atoms with E-state index in [4.69, 9.17) is 12.2 Å². The molecular formula is C16H15F4N5OS. The van der Waals surface area contributed by atoms with Gasteiger partial charge < -0.3 is 10.2 Å². The summed E-state index contributed by atoms with van der Waals surface area (Å²) in [5, 5.41) is 6.23. The standard InChI is InChI=1S/C16H15F4N5OS/c1-7-5-10(23-25(7)16(19)20)8-6-24(2)15(27)12(8)14(26)21-9-3-4-11(17)22-13(9)18/h3-5,8,12,16H,6H2,1-2H3,(H,21,26). The van der Waals surface area contributed by atoms with Crippen LogP contribution in [0.15, 0.2) is 18.2 Å². The first-order valence-corrected chi connectivity index (χ1v) is 8.32. The molecule has 0 aromatic carbocycles. The van der Waals surface area contributed by atoms with E-state index >= 15 is 0 Å². The molecule has 2 aromatic rings. The van der Waals surface area contributed by atoms with Crippen molar-refractivity contribution in [1.29, 1.82) is 0 Å². The van der Waals surface area contributed by atoms with Crippen LogP contribution in [0.5, 0.6) is 0 Å². The average molecular weight is 401 g/mol. The van der Waals surface area contributed by atoms with Gasteiger partial charge in [-0.1, -0.05) is 12.2 Å². The van der Waals surface area contributed by atoms with Crippen LogP contribution in [-0.4, -0.2) is 44.2 Å². The summed E-state index contributed by atoms with van der Waals surface area (Å²) in [5.74, 6) is -4.35. The van der Waals surface area contributed by atoms with Crippen molar-refractivity contribution < 1.29 is 22.4 Å². The van der Waals surface area contributed by atoms with E-state index in [-0.39, 0.29) is 22.1 Å². The summed E-state index contributed by atoms with van der Waals surface area (Å²) in [4.78, 5) is 17.6. The minimum atomic E-state index is -2.81. The third-order valence-electron chi connectivity index (χ3n) is 4.38. The number of anilines is 1. The topological polar surface area (TPSA) is 63.1 Å². The van der Waals surface area contributed by atoms with Crippen molar-refractivity contribution in [2.45, 2.75) is 19.4 Å². The lowest BCUT2D eigenvalue weighted by Crippen LogP contribution is -2.32. The number of pyridine rings is 1. The fourth-order valence-corrected chi connectivity index (χ4v) is 3.41. The molecular weight excluding hydrogens is 386 g/mol. The van der Waals surface area contributed by atoms with Gasteiger partial charge in [-0.25, -0.2) is 4.68 Å². The maximum atomic E-state index is 13.7. The summed E-state index contributed by atoms with van der Waals surface area (Å²) >= 11 is 5.29. The van der Waals surface area contributed by atoms with Gasteiger partial charge in [0.2, 0.25) is 17.8 Å². The molecule has 0 saturated carbocycles. The number of likely N-dealkylation sites (N-methyl/N-ethyl adjacent to an activating group) is 1. The van der Waals surface area contributed by atoms with Gasteiger partial charge in [0, 0.05) is 25.2 Å². The van der Waals surface area contributed by atoms with Crippen LogP contribution in [0.25, 0.3) is 0 Å². The average Bonchev–Trinajstić information content (AvgIpc) is 3.11. The maximum absolute atomic E-state index is 13.7. The van der Waals surface area contributed by atoms with Crippen molar-refractivity contribution >= 4 is 28.8 Å². The number of halogens is 4. The van der Waals surface area contributed by atoms with E-state index in [0.717, 1.165) is 12.1 Å². The van der Waals surface area contributed by atoms with Crippen molar-refractivity contribution in [1.82, 2.24) is 19.7 Å². The van der Waals surface area contributed by atoms with E-state index in [0.29, 0.717) is 11.2 Å². The van der Waals surface area contributed by atoms with Crippen LogP contribution in [0.4, 0.5) is 23.2 Å². The van der Waals surface area contributed by atoms with Gasteiger partial charge in [0.05, 0.1) is 22.3 Å². The lowest BCUT2D eigenvalue weighted by Gasteiger charge is -2.16. The molecule has 0 aliphatic carbocycles. The summed E-state index contributed by atoms with van der Waals surface area (Å²) in [6, 6.07) is 3.42. The number of nitrogens with zero attached hydrogens (tertiary/aromatic N) is 4. The Hall–Kier alpha value is -2.56. The highest BCUT2D eigenvalue weighted by Crippen LogP contribution is 2.35. The number of nitrogens with one attached hydrogen (secondary N) is 1. The number of carbonyl (C=O) groups excluding carboxylic acids is 1. The number of thiocarbonyl (C=S) groups is 1. The second-order valence-electron chi connectivity index (χ2n) is 6.20. The number of alkyl halides is 2. The highest BCUT2D eigenvalue weighted by Gasteiger charge is 2.43. The molecule has 1 fully saturated rings. The molecule has 2 atom stereocenters. The monoisotopic (exact) mass is 401 g/mol. The lowest BCUT2D eigenvalue weighted by molar-refractivity contribution is -0.118. The van der Waals surface area contributed by atoms with E-state index in [9.17, 15) is 22.4 Å². The van der Waals surface area contributed by atoms with Crippen LogP contribution >= 0.6 is 12.2 Å². The smallest absolute Gasteiger partial charge is 0.333 e. The van der Waals surface area contributed by atoms with Crippen molar-refractivity contribution in [2.24, 2.45) is 5.92 Å².